The predicted molar refractivity (Wildman–Crippen MR) is 83.0 cm³/mol. The van der Waals surface area contributed by atoms with E-state index in [-0.39, 0.29) is 0 Å². The Morgan fingerprint density at radius 3 is 2.84 bits per heavy atom. The Bertz CT molecular complexity index is 423. The van der Waals surface area contributed by atoms with Gasteiger partial charge in [0.05, 0.1) is 0 Å². The lowest BCUT2D eigenvalue weighted by atomic mass is 10.1. The van der Waals surface area contributed by atoms with E-state index < -0.39 is 0 Å². The molecule has 0 aliphatic carbocycles. The first-order valence-corrected chi connectivity index (χ1v) is 7.77. The minimum Gasteiger partial charge on any atom is -0.313 e. The molecule has 2 rings (SSSR count). The lowest BCUT2D eigenvalue weighted by Gasteiger charge is -2.29. The molecular formula is C15H22Cl2N2. The van der Waals surface area contributed by atoms with Crippen molar-refractivity contribution in [3.8, 4) is 0 Å². The first kappa shape index (κ1) is 15.1. The van der Waals surface area contributed by atoms with Crippen molar-refractivity contribution in [2.75, 3.05) is 13.1 Å². The second-order valence-electron chi connectivity index (χ2n) is 5.36. The van der Waals surface area contributed by atoms with Crippen molar-refractivity contribution in [2.24, 2.45) is 0 Å². The van der Waals surface area contributed by atoms with Crippen molar-refractivity contribution in [3.05, 3.63) is 33.8 Å². The fourth-order valence-corrected chi connectivity index (χ4v) is 3.04. The average molecular weight is 301 g/mol. The van der Waals surface area contributed by atoms with Crippen LogP contribution in [0.1, 0.15) is 32.3 Å². The SMILES string of the molecule is CCC1CN(Cc2ccc(Cl)cc2Cl)C(C)CCN1. The van der Waals surface area contributed by atoms with Crippen LogP contribution in [0.15, 0.2) is 18.2 Å². The van der Waals surface area contributed by atoms with Crippen LogP contribution in [0.5, 0.6) is 0 Å². The van der Waals surface area contributed by atoms with Gasteiger partial charge in [-0.15, -0.1) is 0 Å². The number of benzene rings is 1. The normalized spacial score (nSPS) is 25.3. The molecule has 2 unspecified atom stereocenters. The third-order valence-corrected chi connectivity index (χ3v) is 4.54. The maximum Gasteiger partial charge on any atom is 0.0465 e. The Hall–Kier alpha value is -0.280. The molecule has 0 bridgehead atoms. The smallest absolute Gasteiger partial charge is 0.0465 e. The monoisotopic (exact) mass is 300 g/mol. The zero-order valence-electron chi connectivity index (χ0n) is 11.6. The molecule has 0 spiro atoms. The molecule has 1 aromatic rings. The highest BCUT2D eigenvalue weighted by Gasteiger charge is 2.22. The summed E-state index contributed by atoms with van der Waals surface area (Å²) in [5, 5.41) is 5.07. The van der Waals surface area contributed by atoms with E-state index in [0.29, 0.717) is 17.1 Å². The van der Waals surface area contributed by atoms with Crippen LogP contribution in [0.4, 0.5) is 0 Å². The summed E-state index contributed by atoms with van der Waals surface area (Å²) in [6.07, 6.45) is 2.35. The summed E-state index contributed by atoms with van der Waals surface area (Å²) in [5.74, 6) is 0. The fourth-order valence-electron chi connectivity index (χ4n) is 2.57. The van der Waals surface area contributed by atoms with Gasteiger partial charge in [-0.25, -0.2) is 0 Å². The van der Waals surface area contributed by atoms with Crippen molar-refractivity contribution in [1.82, 2.24) is 10.2 Å². The highest BCUT2D eigenvalue weighted by atomic mass is 35.5. The second-order valence-corrected chi connectivity index (χ2v) is 6.21. The van der Waals surface area contributed by atoms with Gasteiger partial charge >= 0.3 is 0 Å². The van der Waals surface area contributed by atoms with Gasteiger partial charge < -0.3 is 5.32 Å². The van der Waals surface area contributed by atoms with Gasteiger partial charge in [0, 0.05) is 35.2 Å². The molecule has 0 radical (unpaired) electrons. The van der Waals surface area contributed by atoms with Crippen LogP contribution in [-0.2, 0) is 6.54 Å². The quantitative estimate of drug-likeness (QED) is 0.909. The minimum atomic E-state index is 0.579. The van der Waals surface area contributed by atoms with Crippen LogP contribution < -0.4 is 5.32 Å². The third-order valence-electron chi connectivity index (χ3n) is 3.95. The van der Waals surface area contributed by atoms with Crippen LogP contribution in [0.25, 0.3) is 0 Å². The number of nitrogens with zero attached hydrogens (tertiary/aromatic N) is 1. The maximum absolute atomic E-state index is 6.28. The van der Waals surface area contributed by atoms with Crippen molar-refractivity contribution in [3.63, 3.8) is 0 Å². The van der Waals surface area contributed by atoms with E-state index >= 15 is 0 Å². The molecule has 1 aromatic carbocycles. The van der Waals surface area contributed by atoms with Crippen LogP contribution in [0.3, 0.4) is 0 Å². The van der Waals surface area contributed by atoms with E-state index in [4.69, 9.17) is 23.2 Å². The van der Waals surface area contributed by atoms with Gasteiger partial charge in [0.2, 0.25) is 0 Å². The van der Waals surface area contributed by atoms with E-state index in [2.05, 4.69) is 24.1 Å². The van der Waals surface area contributed by atoms with Gasteiger partial charge in [-0.1, -0.05) is 36.2 Å². The van der Waals surface area contributed by atoms with E-state index in [1.807, 2.05) is 18.2 Å². The summed E-state index contributed by atoms with van der Waals surface area (Å²) in [7, 11) is 0. The number of halogens is 2. The van der Waals surface area contributed by atoms with E-state index in [1.54, 1.807) is 0 Å². The Morgan fingerprint density at radius 1 is 1.37 bits per heavy atom. The van der Waals surface area contributed by atoms with Gasteiger partial charge in [0.1, 0.15) is 0 Å². The van der Waals surface area contributed by atoms with Crippen molar-refractivity contribution < 1.29 is 0 Å². The lowest BCUT2D eigenvalue weighted by molar-refractivity contribution is 0.194. The van der Waals surface area contributed by atoms with Gasteiger partial charge in [-0.05, 0) is 44.0 Å². The summed E-state index contributed by atoms with van der Waals surface area (Å²) in [6.45, 7) is 7.61. The van der Waals surface area contributed by atoms with Gasteiger partial charge in [-0.2, -0.15) is 0 Å². The lowest BCUT2D eigenvalue weighted by Crippen LogP contribution is -2.39. The molecule has 4 heteroatoms. The van der Waals surface area contributed by atoms with Crippen molar-refractivity contribution in [2.45, 2.75) is 45.3 Å². The summed E-state index contributed by atoms with van der Waals surface area (Å²) >= 11 is 12.2. The number of hydrogen-bond acceptors (Lipinski definition) is 2. The van der Waals surface area contributed by atoms with Crippen LogP contribution in [0, 0.1) is 0 Å². The highest BCUT2D eigenvalue weighted by Crippen LogP contribution is 2.24. The molecule has 0 saturated carbocycles. The summed E-state index contributed by atoms with van der Waals surface area (Å²) in [5.41, 5.74) is 1.16. The van der Waals surface area contributed by atoms with Gasteiger partial charge in [0.25, 0.3) is 0 Å². The summed E-state index contributed by atoms with van der Waals surface area (Å²) in [4.78, 5) is 2.52. The van der Waals surface area contributed by atoms with Gasteiger partial charge in [-0.3, -0.25) is 4.90 Å². The largest absolute Gasteiger partial charge is 0.313 e. The number of hydrogen-bond donors (Lipinski definition) is 1. The molecule has 2 atom stereocenters. The van der Waals surface area contributed by atoms with Crippen molar-refractivity contribution >= 4 is 23.2 Å². The summed E-state index contributed by atoms with van der Waals surface area (Å²) < 4.78 is 0. The molecule has 2 nitrogen and oxygen atoms in total. The van der Waals surface area contributed by atoms with Crippen LogP contribution in [-0.4, -0.2) is 30.1 Å². The molecule has 1 saturated heterocycles. The Balaban J connectivity index is 2.10. The zero-order valence-corrected chi connectivity index (χ0v) is 13.1. The molecular weight excluding hydrogens is 279 g/mol. The Morgan fingerprint density at radius 2 is 2.16 bits per heavy atom. The second kappa shape index (κ2) is 6.94. The first-order chi connectivity index (χ1) is 9.10. The molecule has 1 aliphatic heterocycles. The van der Waals surface area contributed by atoms with E-state index in [9.17, 15) is 0 Å². The molecule has 1 N–H and O–H groups in total. The zero-order chi connectivity index (χ0) is 13.8. The minimum absolute atomic E-state index is 0.579. The topological polar surface area (TPSA) is 15.3 Å². The Labute approximate surface area is 126 Å². The molecule has 1 heterocycles. The number of rotatable bonds is 3. The molecule has 1 fully saturated rings. The van der Waals surface area contributed by atoms with E-state index in [1.165, 1.54) is 6.42 Å². The standard InChI is InChI=1S/C15H22Cl2N2/c1-3-14-10-19(11(2)6-7-18-14)9-12-4-5-13(16)8-15(12)17/h4-5,8,11,14,18H,3,6-7,9-10H2,1-2H3. The fraction of sp³-hybridized carbons (Fsp3) is 0.600. The van der Waals surface area contributed by atoms with E-state index in [0.717, 1.165) is 36.6 Å². The molecule has 106 valence electrons. The van der Waals surface area contributed by atoms with Crippen LogP contribution >= 0.6 is 23.2 Å². The predicted octanol–water partition coefficient (Wildman–Crippen LogP) is 3.96. The third kappa shape index (κ3) is 4.09. The number of nitrogens with one attached hydrogen (secondary N) is 1. The maximum atomic E-state index is 6.28. The van der Waals surface area contributed by atoms with Crippen LogP contribution in [0.2, 0.25) is 10.0 Å². The molecule has 1 aliphatic rings. The Kier molecular flexibility index (Phi) is 5.52. The van der Waals surface area contributed by atoms with Crippen molar-refractivity contribution in [1.29, 1.82) is 0 Å². The molecule has 19 heavy (non-hydrogen) atoms. The van der Waals surface area contributed by atoms with Gasteiger partial charge in [0.15, 0.2) is 0 Å². The molecule has 0 amide bonds. The highest BCUT2D eigenvalue weighted by molar-refractivity contribution is 6.35. The summed E-state index contributed by atoms with van der Waals surface area (Å²) in [6, 6.07) is 6.94. The average Bonchev–Trinajstić information content (AvgIpc) is 2.55. The molecule has 0 aromatic heterocycles. The first-order valence-electron chi connectivity index (χ1n) is 7.01.